The van der Waals surface area contributed by atoms with Crippen LogP contribution in [0.2, 0.25) is 0 Å². The third-order valence-electron chi connectivity index (χ3n) is 14.2. The summed E-state index contributed by atoms with van der Waals surface area (Å²) in [6, 6.07) is 44.3. The van der Waals surface area contributed by atoms with Gasteiger partial charge in [-0.2, -0.15) is 0 Å². The molecule has 76 heavy (non-hydrogen) atoms. The minimum atomic E-state index is -1.23. The number of nitrogens with zero attached hydrogens (tertiary/aromatic N) is 4. The number of ether oxygens (including phenoxy) is 1. The summed E-state index contributed by atoms with van der Waals surface area (Å²) in [4.78, 5) is 8.52. The molecule has 0 spiro atoms. The maximum atomic E-state index is 16.4. The van der Waals surface area contributed by atoms with Crippen molar-refractivity contribution in [2.24, 2.45) is 0 Å². The maximum absolute atomic E-state index is 16.4. The average Bonchev–Trinajstić information content (AvgIpc) is 3.95. The van der Waals surface area contributed by atoms with E-state index >= 15 is 17.6 Å². The smallest absolute Gasteiger partial charge is 0.137 e. The Morgan fingerprint density at radius 1 is 0.526 bits per heavy atom. The predicted molar refractivity (Wildman–Crippen MR) is 295 cm³/mol. The Kier molecular flexibility index (Phi) is 12.0. The van der Waals surface area contributed by atoms with E-state index in [0.717, 1.165) is 44.3 Å². The van der Waals surface area contributed by atoms with Crippen molar-refractivity contribution < 1.29 is 32.5 Å². The van der Waals surface area contributed by atoms with Gasteiger partial charge in [0.05, 0.1) is 39.2 Å². The van der Waals surface area contributed by atoms with Gasteiger partial charge in [0, 0.05) is 71.6 Å². The summed E-state index contributed by atoms with van der Waals surface area (Å²) in [7, 11) is 0. The Morgan fingerprint density at radius 2 is 1.09 bits per heavy atom. The van der Waals surface area contributed by atoms with Crippen LogP contribution < -0.4 is 14.5 Å². The molecule has 0 aliphatic carbocycles. The van der Waals surface area contributed by atoms with E-state index in [0.29, 0.717) is 64.0 Å². The second kappa shape index (κ2) is 18.8. The van der Waals surface area contributed by atoms with E-state index in [1.165, 1.54) is 0 Å². The molecule has 3 heterocycles. The number of benzene rings is 8. The molecule has 0 bridgehead atoms. The standard InChI is InChI=1S/C65H54F6N4O/c1-37(2)46-15-9-10-16-47(46)38-25-43(34-45(26-38)76-44-21-22-49-48-17-11-12-18-56(48)75(59(49)35-44)60-29-39(23-24-72-60)64(3,4)5)73-36-74(58-20-14-13-19-57(58)73)63-50(61-52(68)30-41(66)31-53(61)69)27-40(65(6,7)8)28-51(63)62-54(70)32-42(67)33-55(62)71/h9-35,37H,36H2,1-8H3/i37D. The number of hydrogen-bond acceptors (Lipinski definition) is 4. The lowest BCUT2D eigenvalue weighted by molar-refractivity contribution is 0.483. The first-order chi connectivity index (χ1) is 36.5. The van der Waals surface area contributed by atoms with Crippen molar-refractivity contribution in [3.05, 3.63) is 216 Å². The molecule has 5 nitrogen and oxygen atoms in total. The van der Waals surface area contributed by atoms with Crippen LogP contribution in [0, 0.1) is 34.9 Å². The van der Waals surface area contributed by atoms with Crippen molar-refractivity contribution in [2.45, 2.75) is 72.1 Å². The topological polar surface area (TPSA) is 33.5 Å². The third kappa shape index (κ3) is 8.91. The summed E-state index contributed by atoms with van der Waals surface area (Å²) in [5.74, 6) is -6.54. The fraction of sp³-hybridized carbons (Fsp3) is 0.185. The summed E-state index contributed by atoms with van der Waals surface area (Å²) >= 11 is 0. The van der Waals surface area contributed by atoms with Crippen LogP contribution >= 0.6 is 0 Å². The number of aromatic nitrogens is 2. The molecular weight excluding hydrogens is 967 g/mol. The van der Waals surface area contributed by atoms with Crippen molar-refractivity contribution in [1.82, 2.24) is 9.55 Å². The van der Waals surface area contributed by atoms with Crippen molar-refractivity contribution >= 4 is 44.6 Å². The van der Waals surface area contributed by atoms with Crippen LogP contribution in [0.4, 0.5) is 49.1 Å². The Balaban J connectivity index is 1.12. The SMILES string of the molecule is [2H]C(C)(C)c1ccccc1-c1cc(Oc2ccc3c4ccccc4n(-c4cc(C(C)(C)C)ccn4)c3c2)cc(N2CN(c3c(-c4c(F)cc(F)cc4F)cc(C(C)(C)C)cc3-c3c(F)cc(F)cc3F)c3ccccc32)c1. The van der Waals surface area contributed by atoms with Crippen molar-refractivity contribution in [2.75, 3.05) is 16.5 Å². The molecule has 1 aliphatic rings. The summed E-state index contributed by atoms with van der Waals surface area (Å²) < 4.78 is 113. The molecule has 0 fully saturated rings. The summed E-state index contributed by atoms with van der Waals surface area (Å²) in [5, 5.41) is 2.04. The number of halogens is 6. The van der Waals surface area contributed by atoms with Crippen LogP contribution in [0.1, 0.15) is 79.3 Å². The number of fused-ring (bicyclic) bond motifs is 4. The van der Waals surface area contributed by atoms with E-state index in [4.69, 9.17) is 9.72 Å². The van der Waals surface area contributed by atoms with Crippen molar-refractivity contribution in [1.29, 1.82) is 0 Å². The number of pyridine rings is 1. The van der Waals surface area contributed by atoms with Gasteiger partial charge in [0.15, 0.2) is 0 Å². The Morgan fingerprint density at radius 3 is 1.71 bits per heavy atom. The molecule has 8 aromatic carbocycles. The second-order valence-corrected chi connectivity index (χ2v) is 21.7. The van der Waals surface area contributed by atoms with Crippen LogP contribution in [0.25, 0.3) is 61.0 Å². The average molecular weight is 1020 g/mol. The number of para-hydroxylation sites is 3. The molecule has 10 aromatic rings. The summed E-state index contributed by atoms with van der Waals surface area (Å²) in [6.45, 7) is 15.6. The fourth-order valence-corrected chi connectivity index (χ4v) is 10.5. The van der Waals surface area contributed by atoms with Gasteiger partial charge in [0.1, 0.15) is 58.9 Å². The third-order valence-corrected chi connectivity index (χ3v) is 14.2. The lowest BCUT2D eigenvalue weighted by atomic mass is 9.81. The highest BCUT2D eigenvalue weighted by Crippen LogP contribution is 2.53. The lowest BCUT2D eigenvalue weighted by Crippen LogP contribution is -2.26. The van der Waals surface area contributed by atoms with Gasteiger partial charge in [-0.25, -0.2) is 31.3 Å². The highest BCUT2D eigenvalue weighted by atomic mass is 19.2. The highest BCUT2D eigenvalue weighted by Gasteiger charge is 2.36. The zero-order chi connectivity index (χ0) is 54.5. The van der Waals surface area contributed by atoms with Gasteiger partial charge in [0.25, 0.3) is 0 Å². The second-order valence-electron chi connectivity index (χ2n) is 21.7. The van der Waals surface area contributed by atoms with Gasteiger partial charge in [-0.05, 0) is 111 Å². The number of anilines is 4. The van der Waals surface area contributed by atoms with E-state index in [9.17, 15) is 10.2 Å². The van der Waals surface area contributed by atoms with E-state index in [1.807, 2.05) is 137 Å². The quantitative estimate of drug-likeness (QED) is 0.135. The molecule has 2 aromatic heterocycles. The Hall–Kier alpha value is -8.31. The van der Waals surface area contributed by atoms with Gasteiger partial charge in [-0.1, -0.05) is 110 Å². The van der Waals surface area contributed by atoms with Crippen LogP contribution in [0.3, 0.4) is 0 Å². The summed E-state index contributed by atoms with van der Waals surface area (Å²) in [5.41, 5.74) is 4.99. The predicted octanol–water partition coefficient (Wildman–Crippen LogP) is 18.8. The molecule has 11 heteroatoms. The van der Waals surface area contributed by atoms with Crippen LogP contribution in [-0.2, 0) is 10.8 Å². The molecule has 0 N–H and O–H groups in total. The minimum absolute atomic E-state index is 0.0121. The summed E-state index contributed by atoms with van der Waals surface area (Å²) in [6.07, 6.45) is 1.83. The molecule has 382 valence electrons. The number of hydrogen-bond donors (Lipinski definition) is 0. The van der Waals surface area contributed by atoms with Gasteiger partial charge in [-0.15, -0.1) is 0 Å². The van der Waals surface area contributed by atoms with Crippen LogP contribution in [-0.4, -0.2) is 16.2 Å². The lowest BCUT2D eigenvalue weighted by Gasteiger charge is -2.30. The molecule has 1 aliphatic heterocycles. The maximum Gasteiger partial charge on any atom is 0.137 e. The van der Waals surface area contributed by atoms with Crippen LogP contribution in [0.5, 0.6) is 11.5 Å². The normalized spacial score (nSPS) is 13.2. The highest BCUT2D eigenvalue weighted by molar-refractivity contribution is 6.09. The largest absolute Gasteiger partial charge is 0.457 e. The van der Waals surface area contributed by atoms with Crippen LogP contribution in [0.15, 0.2) is 164 Å². The van der Waals surface area contributed by atoms with Gasteiger partial charge in [-0.3, -0.25) is 4.57 Å². The molecule has 0 unspecified atom stereocenters. The molecule has 0 saturated heterocycles. The molecule has 0 radical (unpaired) electrons. The number of rotatable bonds is 9. The monoisotopic (exact) mass is 1020 g/mol. The van der Waals surface area contributed by atoms with Gasteiger partial charge < -0.3 is 14.5 Å². The van der Waals surface area contributed by atoms with E-state index in [2.05, 4.69) is 43.5 Å². The van der Waals surface area contributed by atoms with Crippen molar-refractivity contribution in [3.63, 3.8) is 0 Å². The molecule has 11 rings (SSSR count). The Bertz CT molecular complexity index is 3870. The van der Waals surface area contributed by atoms with Gasteiger partial charge >= 0.3 is 0 Å². The molecule has 0 saturated carbocycles. The minimum Gasteiger partial charge on any atom is -0.457 e. The van der Waals surface area contributed by atoms with E-state index in [-0.39, 0.29) is 28.9 Å². The Labute approximate surface area is 439 Å². The first-order valence-electron chi connectivity index (χ1n) is 25.6. The first kappa shape index (κ1) is 48.6. The molecule has 0 atom stereocenters. The zero-order valence-electron chi connectivity index (χ0n) is 44.3. The van der Waals surface area contributed by atoms with Gasteiger partial charge in [0.2, 0.25) is 0 Å². The first-order valence-corrected chi connectivity index (χ1v) is 25.1. The molecular formula is C65H54F6N4O. The van der Waals surface area contributed by atoms with E-state index < -0.39 is 57.3 Å². The fourth-order valence-electron chi connectivity index (χ4n) is 10.5. The van der Waals surface area contributed by atoms with E-state index in [1.54, 1.807) is 29.2 Å². The van der Waals surface area contributed by atoms with Crippen molar-refractivity contribution in [3.8, 4) is 50.7 Å². The zero-order valence-corrected chi connectivity index (χ0v) is 43.3. The molecule has 0 amide bonds.